The van der Waals surface area contributed by atoms with Crippen LogP contribution in [0.4, 0.5) is 5.82 Å². The molecule has 8 nitrogen and oxygen atoms in total. The second-order valence-electron chi connectivity index (χ2n) is 8.86. The zero-order valence-corrected chi connectivity index (χ0v) is 20.9. The predicted octanol–water partition coefficient (Wildman–Crippen LogP) is 2.58. The predicted molar refractivity (Wildman–Crippen MR) is 137 cm³/mol. The Balaban J connectivity index is 1.66. The van der Waals surface area contributed by atoms with E-state index in [1.54, 1.807) is 0 Å². The number of carbonyl (C=O) groups is 1. The number of hydrogen-bond acceptors (Lipinski definition) is 8. The first-order chi connectivity index (χ1) is 17.1. The van der Waals surface area contributed by atoms with Gasteiger partial charge in [-0.05, 0) is 43.5 Å². The number of nitriles is 2. The molecular weight excluding hydrogens is 458 g/mol. The molecule has 4 rings (SSSR count). The maximum Gasteiger partial charge on any atom is 0.235 e. The number of piperazine rings is 1. The fourth-order valence-corrected chi connectivity index (χ4v) is 6.06. The first-order valence-electron chi connectivity index (χ1n) is 12.1. The van der Waals surface area contributed by atoms with E-state index in [2.05, 4.69) is 27.3 Å². The third-order valence-electron chi connectivity index (χ3n) is 6.85. The average Bonchev–Trinajstić information content (AvgIpc) is 2.91. The number of pyridine rings is 1. The fourth-order valence-electron chi connectivity index (χ4n) is 5.00. The van der Waals surface area contributed by atoms with E-state index in [1.807, 2.05) is 37.3 Å². The lowest BCUT2D eigenvalue weighted by Crippen LogP contribution is -2.53. The van der Waals surface area contributed by atoms with Crippen LogP contribution in [-0.4, -0.2) is 61.1 Å². The Morgan fingerprint density at radius 2 is 1.80 bits per heavy atom. The molecule has 1 amide bonds. The van der Waals surface area contributed by atoms with E-state index < -0.39 is 11.2 Å². The number of carbonyl (C=O) groups excluding carboxylic acids is 1. The lowest BCUT2D eigenvalue weighted by Gasteiger charge is -2.41. The fraction of sp³-hybridized carbons (Fsp3) is 0.462. The van der Waals surface area contributed by atoms with Gasteiger partial charge in [0, 0.05) is 32.2 Å². The molecule has 9 heteroatoms. The summed E-state index contributed by atoms with van der Waals surface area (Å²) in [4.78, 5) is 21.9. The maximum atomic E-state index is 12.4. The van der Waals surface area contributed by atoms with Crippen LogP contribution in [0, 0.1) is 22.7 Å². The average molecular weight is 490 g/mol. The summed E-state index contributed by atoms with van der Waals surface area (Å²) >= 11 is 1.19. The molecule has 1 aromatic carbocycles. The van der Waals surface area contributed by atoms with Gasteiger partial charge in [-0.2, -0.15) is 10.5 Å². The number of nitrogens with two attached hydrogens (primary N) is 1. The van der Waals surface area contributed by atoms with Crippen molar-refractivity contribution in [1.29, 1.82) is 10.5 Å². The second kappa shape index (κ2) is 11.5. The Labute approximate surface area is 211 Å². The first-order valence-corrected chi connectivity index (χ1v) is 13.0. The normalized spacial score (nSPS) is 18.0. The van der Waals surface area contributed by atoms with Crippen LogP contribution in [0.1, 0.15) is 47.3 Å². The molecule has 2 aromatic rings. The van der Waals surface area contributed by atoms with Gasteiger partial charge >= 0.3 is 0 Å². The molecule has 2 aliphatic heterocycles. The zero-order chi connectivity index (χ0) is 24.8. The Hall–Kier alpha value is -3.11. The highest BCUT2D eigenvalue weighted by atomic mass is 32.2. The van der Waals surface area contributed by atoms with Gasteiger partial charge in [0.05, 0.1) is 11.1 Å². The Kier molecular flexibility index (Phi) is 8.25. The van der Waals surface area contributed by atoms with Gasteiger partial charge in [0.2, 0.25) is 5.91 Å². The van der Waals surface area contributed by atoms with Crippen LogP contribution in [-0.2, 0) is 11.2 Å². The third-order valence-corrected chi connectivity index (χ3v) is 8.11. The topological polar surface area (TPSA) is 122 Å². The molecule has 1 aromatic heterocycles. The number of benzene rings is 1. The molecule has 3 heterocycles. The number of aromatic nitrogens is 1. The number of hydrogen-bond donors (Lipinski definition) is 2. The van der Waals surface area contributed by atoms with Gasteiger partial charge in [0.1, 0.15) is 28.2 Å². The van der Waals surface area contributed by atoms with Crippen molar-refractivity contribution in [2.75, 3.05) is 44.2 Å². The van der Waals surface area contributed by atoms with Crippen LogP contribution in [0.15, 0.2) is 35.4 Å². The standard InChI is InChI=1S/C26H31N7OS/c1-2-20-21(16-27)25(33-14-12-32(13-15-33)19-8-10-30-11-9-19)31-26(22(20)17-28)35-23(24(29)34)18-6-4-3-5-7-18/h3-7,19,23,30H,2,8-15H2,1H3,(H2,29,34). The van der Waals surface area contributed by atoms with Gasteiger partial charge in [-0.25, -0.2) is 4.98 Å². The van der Waals surface area contributed by atoms with E-state index in [1.165, 1.54) is 11.8 Å². The van der Waals surface area contributed by atoms with Crippen LogP contribution in [0.25, 0.3) is 0 Å². The molecular formula is C26H31N7OS. The monoisotopic (exact) mass is 489 g/mol. The SMILES string of the molecule is CCc1c(C#N)c(SC(C(N)=O)c2ccccc2)nc(N2CCN(C3CCNCC3)CC2)c1C#N. The van der Waals surface area contributed by atoms with Gasteiger partial charge in [-0.15, -0.1) is 0 Å². The summed E-state index contributed by atoms with van der Waals surface area (Å²) in [6, 6.07) is 14.4. The summed E-state index contributed by atoms with van der Waals surface area (Å²) in [5.74, 6) is 0.110. The Bertz CT molecular complexity index is 1130. The highest BCUT2D eigenvalue weighted by Crippen LogP contribution is 2.39. The summed E-state index contributed by atoms with van der Waals surface area (Å²) < 4.78 is 0. The minimum Gasteiger partial charge on any atom is -0.368 e. The third kappa shape index (κ3) is 5.43. The van der Waals surface area contributed by atoms with Gasteiger partial charge in [0.15, 0.2) is 0 Å². The largest absolute Gasteiger partial charge is 0.368 e. The molecule has 182 valence electrons. The highest BCUT2D eigenvalue weighted by Gasteiger charge is 2.30. The number of amides is 1. The van der Waals surface area contributed by atoms with Gasteiger partial charge < -0.3 is 16.0 Å². The molecule has 3 N–H and O–H groups in total. The molecule has 35 heavy (non-hydrogen) atoms. The van der Waals surface area contributed by atoms with Crippen molar-refractivity contribution < 1.29 is 4.79 Å². The van der Waals surface area contributed by atoms with Crippen molar-refractivity contribution in [3.63, 3.8) is 0 Å². The van der Waals surface area contributed by atoms with Crippen molar-refractivity contribution in [3.8, 4) is 12.1 Å². The van der Waals surface area contributed by atoms with Crippen LogP contribution < -0.4 is 16.0 Å². The summed E-state index contributed by atoms with van der Waals surface area (Å²) in [7, 11) is 0. The summed E-state index contributed by atoms with van der Waals surface area (Å²) in [6.45, 7) is 7.41. The van der Waals surface area contributed by atoms with Crippen molar-refractivity contribution >= 4 is 23.5 Å². The smallest absolute Gasteiger partial charge is 0.235 e. The number of nitrogens with zero attached hydrogens (tertiary/aromatic N) is 5. The van der Waals surface area contributed by atoms with Gasteiger partial charge in [0.25, 0.3) is 0 Å². The summed E-state index contributed by atoms with van der Waals surface area (Å²) in [6.07, 6.45) is 2.84. The molecule has 1 unspecified atom stereocenters. The summed E-state index contributed by atoms with van der Waals surface area (Å²) in [5.41, 5.74) is 8.01. The van der Waals surface area contributed by atoms with Crippen molar-refractivity contribution in [2.45, 2.75) is 42.5 Å². The molecule has 1 atom stereocenters. The minimum absolute atomic E-state index is 0.355. The van der Waals surface area contributed by atoms with Crippen LogP contribution in [0.5, 0.6) is 0 Å². The van der Waals surface area contributed by atoms with Crippen LogP contribution in [0.2, 0.25) is 0 Å². The van der Waals surface area contributed by atoms with Crippen molar-refractivity contribution in [3.05, 3.63) is 52.6 Å². The maximum absolute atomic E-state index is 12.4. The Morgan fingerprint density at radius 1 is 1.14 bits per heavy atom. The molecule has 0 radical (unpaired) electrons. The number of rotatable bonds is 7. The molecule has 0 aliphatic carbocycles. The number of anilines is 1. The number of primary amides is 1. The second-order valence-corrected chi connectivity index (χ2v) is 9.96. The number of piperidine rings is 1. The molecule has 2 saturated heterocycles. The zero-order valence-electron chi connectivity index (χ0n) is 20.0. The van der Waals surface area contributed by atoms with Crippen molar-refractivity contribution in [1.82, 2.24) is 15.2 Å². The van der Waals surface area contributed by atoms with Crippen LogP contribution >= 0.6 is 11.8 Å². The van der Waals surface area contributed by atoms with Gasteiger partial charge in [-0.3, -0.25) is 9.69 Å². The molecule has 0 spiro atoms. The van der Waals surface area contributed by atoms with E-state index in [0.717, 1.165) is 57.7 Å². The molecule has 2 aliphatic rings. The lowest BCUT2D eigenvalue weighted by atomic mass is 10.0. The van der Waals surface area contributed by atoms with E-state index in [0.29, 0.717) is 40.0 Å². The lowest BCUT2D eigenvalue weighted by molar-refractivity contribution is -0.117. The number of nitrogens with one attached hydrogen (secondary N) is 1. The molecule has 0 bridgehead atoms. The van der Waals surface area contributed by atoms with Crippen LogP contribution in [0.3, 0.4) is 0 Å². The quantitative estimate of drug-likeness (QED) is 0.569. The Morgan fingerprint density at radius 3 is 2.37 bits per heavy atom. The van der Waals surface area contributed by atoms with Crippen molar-refractivity contribution in [2.24, 2.45) is 5.73 Å². The minimum atomic E-state index is -0.682. The van der Waals surface area contributed by atoms with E-state index in [4.69, 9.17) is 10.7 Å². The number of thioether (sulfide) groups is 1. The first kappa shape index (κ1) is 25.0. The summed E-state index contributed by atoms with van der Waals surface area (Å²) in [5, 5.41) is 23.2. The molecule has 0 saturated carbocycles. The van der Waals surface area contributed by atoms with E-state index in [-0.39, 0.29) is 0 Å². The van der Waals surface area contributed by atoms with E-state index >= 15 is 0 Å². The van der Waals surface area contributed by atoms with Gasteiger partial charge in [-0.1, -0.05) is 49.0 Å². The highest BCUT2D eigenvalue weighted by molar-refractivity contribution is 8.00. The van der Waals surface area contributed by atoms with E-state index in [9.17, 15) is 15.3 Å². The molecule has 2 fully saturated rings.